The van der Waals surface area contributed by atoms with Crippen LogP contribution in [0, 0.1) is 6.92 Å². The molecule has 174 valence electrons. The van der Waals surface area contributed by atoms with E-state index in [1.54, 1.807) is 17.4 Å². The van der Waals surface area contributed by atoms with E-state index < -0.39 is 0 Å². The Balaban J connectivity index is 1.28. The van der Waals surface area contributed by atoms with Crippen LogP contribution in [0.2, 0.25) is 0 Å². The summed E-state index contributed by atoms with van der Waals surface area (Å²) in [6.45, 7) is 3.68. The van der Waals surface area contributed by atoms with Gasteiger partial charge in [-0.15, -0.1) is 11.3 Å². The van der Waals surface area contributed by atoms with Gasteiger partial charge in [-0.05, 0) is 50.1 Å². The first kappa shape index (κ1) is 21.7. The van der Waals surface area contributed by atoms with Crippen LogP contribution in [0.3, 0.4) is 0 Å². The first-order valence-electron chi connectivity index (χ1n) is 11.9. The van der Waals surface area contributed by atoms with Crippen LogP contribution in [-0.2, 0) is 4.79 Å². The van der Waals surface area contributed by atoms with Crippen LogP contribution < -0.4 is 4.90 Å². The van der Waals surface area contributed by atoms with Crippen LogP contribution >= 0.6 is 11.3 Å². The molecule has 35 heavy (non-hydrogen) atoms. The molecule has 1 aromatic heterocycles. The number of para-hydroxylation sites is 1. The average Bonchev–Trinajstić information content (AvgIpc) is 3.33. The highest BCUT2D eigenvalue weighted by atomic mass is 32.1. The molecule has 5 nitrogen and oxygen atoms in total. The van der Waals surface area contributed by atoms with Crippen LogP contribution in [0.25, 0.3) is 15.8 Å². The van der Waals surface area contributed by atoms with Crippen molar-refractivity contribution in [2.45, 2.75) is 25.7 Å². The van der Waals surface area contributed by atoms with Crippen molar-refractivity contribution in [3.05, 3.63) is 101 Å². The Kier molecular flexibility index (Phi) is 5.46. The minimum Gasteiger partial charge on any atom is -0.377 e. The van der Waals surface area contributed by atoms with Gasteiger partial charge in [-0.3, -0.25) is 9.59 Å². The third-order valence-corrected chi connectivity index (χ3v) is 8.08. The Labute approximate surface area is 208 Å². The van der Waals surface area contributed by atoms with Gasteiger partial charge in [-0.2, -0.15) is 0 Å². The molecule has 0 N–H and O–H groups in total. The maximum absolute atomic E-state index is 13.6. The summed E-state index contributed by atoms with van der Waals surface area (Å²) >= 11 is 1.79. The summed E-state index contributed by atoms with van der Waals surface area (Å²) in [4.78, 5) is 35.3. The van der Waals surface area contributed by atoms with Gasteiger partial charge in [0.15, 0.2) is 0 Å². The lowest BCUT2D eigenvalue weighted by Gasteiger charge is -2.33. The number of aryl methyl sites for hydroxylation is 1. The number of carbonyl (C=O) groups is 2. The smallest absolute Gasteiger partial charge is 0.267 e. The molecule has 2 aliphatic rings. The van der Waals surface area contributed by atoms with E-state index in [1.165, 1.54) is 14.6 Å². The molecule has 3 aromatic carbocycles. The van der Waals surface area contributed by atoms with Crippen LogP contribution in [0.5, 0.6) is 0 Å². The topological polar surface area (TPSA) is 53.5 Å². The summed E-state index contributed by atoms with van der Waals surface area (Å²) in [5.74, 6) is -0.117. The molecule has 3 heterocycles. The number of carbonyl (C=O) groups excluding carboxylic acids is 2. The van der Waals surface area contributed by atoms with Crippen molar-refractivity contribution in [1.82, 2.24) is 9.88 Å². The van der Waals surface area contributed by atoms with Crippen molar-refractivity contribution in [3.8, 4) is 0 Å². The van der Waals surface area contributed by atoms with Gasteiger partial charge in [0.2, 0.25) is 0 Å². The van der Waals surface area contributed by atoms with Crippen molar-refractivity contribution in [1.29, 1.82) is 0 Å². The summed E-state index contributed by atoms with van der Waals surface area (Å²) in [7, 11) is 0. The molecule has 4 aromatic rings. The number of rotatable bonds is 3. The SMILES string of the molecule is Cc1ccc(N2C(=O)C(=CN3CCC(c4nc5ccccc5s4)CC3)c3ccccc3C2=O)cc1. The first-order valence-corrected chi connectivity index (χ1v) is 12.8. The lowest BCUT2D eigenvalue weighted by atomic mass is 9.92. The molecular weight excluding hydrogens is 454 g/mol. The van der Waals surface area contributed by atoms with Crippen molar-refractivity contribution < 1.29 is 9.59 Å². The Morgan fingerprint density at radius 2 is 1.54 bits per heavy atom. The van der Waals surface area contributed by atoms with E-state index in [9.17, 15) is 9.59 Å². The zero-order valence-electron chi connectivity index (χ0n) is 19.5. The van der Waals surface area contributed by atoms with E-state index in [0.29, 0.717) is 28.3 Å². The van der Waals surface area contributed by atoms with Gasteiger partial charge in [0.25, 0.3) is 11.8 Å². The molecule has 0 spiro atoms. The second-order valence-corrected chi connectivity index (χ2v) is 10.3. The van der Waals surface area contributed by atoms with E-state index >= 15 is 0 Å². The number of aromatic nitrogens is 1. The summed E-state index contributed by atoms with van der Waals surface area (Å²) in [6.07, 6.45) is 3.93. The lowest BCUT2D eigenvalue weighted by molar-refractivity contribution is -0.112. The minimum absolute atomic E-state index is 0.272. The highest BCUT2D eigenvalue weighted by molar-refractivity contribution is 7.18. The summed E-state index contributed by atoms with van der Waals surface area (Å²) in [5.41, 5.74) is 4.59. The summed E-state index contributed by atoms with van der Waals surface area (Å²) in [5, 5.41) is 1.20. The Hall–Kier alpha value is -3.77. The summed E-state index contributed by atoms with van der Waals surface area (Å²) in [6, 6.07) is 23.2. The molecule has 6 rings (SSSR count). The Morgan fingerprint density at radius 1 is 0.857 bits per heavy atom. The normalized spacial score (nSPS) is 17.9. The number of amides is 2. The van der Waals surface area contributed by atoms with Crippen LogP contribution in [0.4, 0.5) is 5.69 Å². The van der Waals surface area contributed by atoms with E-state index in [1.807, 2.05) is 61.7 Å². The van der Waals surface area contributed by atoms with Gasteiger partial charge in [-0.25, -0.2) is 9.88 Å². The molecule has 0 atom stereocenters. The number of likely N-dealkylation sites (tertiary alicyclic amines) is 1. The van der Waals surface area contributed by atoms with E-state index in [0.717, 1.165) is 37.0 Å². The summed E-state index contributed by atoms with van der Waals surface area (Å²) < 4.78 is 1.23. The van der Waals surface area contributed by atoms with Gasteiger partial charge < -0.3 is 4.90 Å². The van der Waals surface area contributed by atoms with Crippen molar-refractivity contribution in [3.63, 3.8) is 0 Å². The standard InChI is InChI=1S/C29H25N3O2S/c1-19-10-12-21(13-11-19)32-28(33)23-7-3-2-6-22(23)24(29(32)34)18-31-16-14-20(15-17-31)27-30-25-8-4-5-9-26(25)35-27/h2-13,18,20H,14-17H2,1H3. The van der Waals surface area contributed by atoms with Gasteiger partial charge >= 0.3 is 0 Å². The number of piperidine rings is 1. The van der Waals surface area contributed by atoms with Gasteiger partial charge in [-0.1, -0.05) is 48.0 Å². The van der Waals surface area contributed by atoms with Crippen LogP contribution in [0.1, 0.15) is 45.3 Å². The average molecular weight is 480 g/mol. The highest BCUT2D eigenvalue weighted by Gasteiger charge is 2.36. The molecule has 0 unspecified atom stereocenters. The van der Waals surface area contributed by atoms with E-state index in [2.05, 4.69) is 23.1 Å². The number of thiazole rings is 1. The van der Waals surface area contributed by atoms with Crippen molar-refractivity contribution >= 4 is 44.6 Å². The number of anilines is 1. The molecule has 2 aliphatic heterocycles. The van der Waals surface area contributed by atoms with Crippen molar-refractivity contribution in [2.24, 2.45) is 0 Å². The van der Waals surface area contributed by atoms with Gasteiger partial charge in [0, 0.05) is 36.3 Å². The third-order valence-electron chi connectivity index (χ3n) is 6.88. The molecule has 1 saturated heterocycles. The van der Waals surface area contributed by atoms with Crippen molar-refractivity contribution in [2.75, 3.05) is 18.0 Å². The Bertz CT molecular complexity index is 1430. The number of hydrogen-bond acceptors (Lipinski definition) is 5. The number of fused-ring (bicyclic) bond motifs is 2. The quantitative estimate of drug-likeness (QED) is 0.267. The fourth-order valence-electron chi connectivity index (χ4n) is 4.93. The fourth-order valence-corrected chi connectivity index (χ4v) is 6.07. The van der Waals surface area contributed by atoms with E-state index in [4.69, 9.17) is 4.98 Å². The zero-order chi connectivity index (χ0) is 23.9. The third kappa shape index (κ3) is 3.94. The molecule has 0 radical (unpaired) electrons. The Morgan fingerprint density at radius 3 is 2.29 bits per heavy atom. The molecule has 0 aliphatic carbocycles. The fraction of sp³-hybridized carbons (Fsp3) is 0.207. The number of nitrogens with zero attached hydrogens (tertiary/aromatic N) is 3. The van der Waals surface area contributed by atoms with Gasteiger partial charge in [0.05, 0.1) is 26.5 Å². The number of imide groups is 1. The predicted octanol–water partition coefficient (Wildman–Crippen LogP) is 6.01. The molecule has 6 heteroatoms. The number of benzene rings is 3. The molecule has 0 bridgehead atoms. The lowest BCUT2D eigenvalue weighted by Crippen LogP contribution is -2.42. The highest BCUT2D eigenvalue weighted by Crippen LogP contribution is 2.36. The minimum atomic E-state index is -0.277. The molecule has 2 amide bonds. The maximum Gasteiger partial charge on any atom is 0.267 e. The largest absolute Gasteiger partial charge is 0.377 e. The second-order valence-electron chi connectivity index (χ2n) is 9.20. The molecule has 0 saturated carbocycles. The molecule has 1 fully saturated rings. The van der Waals surface area contributed by atoms with Gasteiger partial charge in [0.1, 0.15) is 0 Å². The van der Waals surface area contributed by atoms with Crippen LogP contribution in [-0.4, -0.2) is 34.8 Å². The maximum atomic E-state index is 13.6. The number of hydrogen-bond donors (Lipinski definition) is 0. The molecular formula is C29H25N3O2S. The first-order chi connectivity index (χ1) is 17.1. The predicted molar refractivity (Wildman–Crippen MR) is 141 cm³/mol. The zero-order valence-corrected chi connectivity index (χ0v) is 20.3. The monoisotopic (exact) mass is 479 g/mol. The van der Waals surface area contributed by atoms with E-state index in [-0.39, 0.29) is 11.8 Å². The van der Waals surface area contributed by atoms with Crippen LogP contribution in [0.15, 0.2) is 79.0 Å². The second kappa shape index (κ2) is 8.78.